The van der Waals surface area contributed by atoms with E-state index >= 15 is 0 Å². The van der Waals surface area contributed by atoms with E-state index in [-0.39, 0.29) is 23.3 Å². The second-order valence-electron chi connectivity index (χ2n) is 5.28. The fourth-order valence-electron chi connectivity index (χ4n) is 2.63. The van der Waals surface area contributed by atoms with Crippen molar-refractivity contribution in [2.45, 2.75) is 39.0 Å². The number of rotatable bonds is 8. The summed E-state index contributed by atoms with van der Waals surface area (Å²) >= 11 is 0. The highest BCUT2D eigenvalue weighted by Crippen LogP contribution is 2.29. The van der Waals surface area contributed by atoms with E-state index in [1.807, 2.05) is 0 Å². The molecule has 19 heavy (non-hydrogen) atoms. The summed E-state index contributed by atoms with van der Waals surface area (Å²) in [7, 11) is -2.88. The number of hydrogen-bond acceptors (Lipinski definition) is 4. The van der Waals surface area contributed by atoms with Gasteiger partial charge >= 0.3 is 5.97 Å². The van der Waals surface area contributed by atoms with Gasteiger partial charge in [-0.1, -0.05) is 19.8 Å². The fourth-order valence-corrected chi connectivity index (χ4v) is 3.50. The Balaban J connectivity index is 2.22. The quantitative estimate of drug-likeness (QED) is 0.658. The topological polar surface area (TPSA) is 83.5 Å². The standard InChI is InChI=1S/C13H25NO4S/c1-2-19(17,18)9-5-8-14-10-11-6-3-4-7-12(11)13(15)16/h11-12,14H,2-10H2,1H3,(H,15,16). The molecule has 1 saturated carbocycles. The molecule has 0 radical (unpaired) electrons. The average molecular weight is 291 g/mol. The summed E-state index contributed by atoms with van der Waals surface area (Å²) in [6, 6.07) is 0. The molecule has 2 unspecified atom stereocenters. The zero-order valence-electron chi connectivity index (χ0n) is 11.6. The first-order valence-corrected chi connectivity index (χ1v) is 8.92. The van der Waals surface area contributed by atoms with Crippen LogP contribution < -0.4 is 5.32 Å². The van der Waals surface area contributed by atoms with E-state index in [4.69, 9.17) is 5.11 Å². The van der Waals surface area contributed by atoms with Crippen molar-refractivity contribution in [1.29, 1.82) is 0 Å². The maximum atomic E-state index is 11.3. The van der Waals surface area contributed by atoms with Crippen LogP contribution in [-0.4, -0.2) is 44.1 Å². The van der Waals surface area contributed by atoms with E-state index in [1.54, 1.807) is 6.92 Å². The molecule has 2 N–H and O–H groups in total. The minimum absolute atomic E-state index is 0.189. The summed E-state index contributed by atoms with van der Waals surface area (Å²) in [5.41, 5.74) is 0. The Morgan fingerprint density at radius 3 is 2.63 bits per heavy atom. The minimum atomic E-state index is -2.88. The van der Waals surface area contributed by atoms with Gasteiger partial charge in [0.25, 0.3) is 0 Å². The largest absolute Gasteiger partial charge is 0.481 e. The van der Waals surface area contributed by atoms with Crippen LogP contribution in [0.15, 0.2) is 0 Å². The smallest absolute Gasteiger partial charge is 0.306 e. The molecule has 0 aromatic rings. The second kappa shape index (κ2) is 7.85. The summed E-state index contributed by atoms with van der Waals surface area (Å²) in [6.07, 6.45) is 4.42. The summed E-state index contributed by atoms with van der Waals surface area (Å²) in [6.45, 7) is 2.98. The van der Waals surface area contributed by atoms with Gasteiger partial charge in [0.05, 0.1) is 11.7 Å². The molecule has 0 aliphatic heterocycles. The Morgan fingerprint density at radius 1 is 1.32 bits per heavy atom. The van der Waals surface area contributed by atoms with E-state index in [1.165, 1.54) is 0 Å². The van der Waals surface area contributed by atoms with Crippen molar-refractivity contribution in [2.24, 2.45) is 11.8 Å². The van der Waals surface area contributed by atoms with Gasteiger partial charge in [-0.15, -0.1) is 0 Å². The summed E-state index contributed by atoms with van der Waals surface area (Å²) in [5.74, 6) is -0.338. The SMILES string of the molecule is CCS(=O)(=O)CCCNCC1CCCCC1C(=O)O. The molecular weight excluding hydrogens is 266 g/mol. The lowest BCUT2D eigenvalue weighted by Gasteiger charge is -2.28. The number of carboxylic acid groups (broad SMARTS) is 1. The zero-order chi connectivity index (χ0) is 14.3. The van der Waals surface area contributed by atoms with Crippen molar-refractivity contribution >= 4 is 15.8 Å². The fraction of sp³-hybridized carbons (Fsp3) is 0.923. The Kier molecular flexibility index (Phi) is 6.79. The lowest BCUT2D eigenvalue weighted by molar-refractivity contribution is -0.144. The Hall–Kier alpha value is -0.620. The number of aliphatic carboxylic acids is 1. The molecule has 0 bridgehead atoms. The normalized spacial score (nSPS) is 24.3. The number of hydrogen-bond donors (Lipinski definition) is 2. The molecule has 0 spiro atoms. The minimum Gasteiger partial charge on any atom is -0.481 e. The molecule has 0 saturated heterocycles. The van der Waals surface area contributed by atoms with Crippen molar-refractivity contribution < 1.29 is 18.3 Å². The lowest BCUT2D eigenvalue weighted by Crippen LogP contribution is -2.35. The van der Waals surface area contributed by atoms with E-state index in [2.05, 4.69) is 5.32 Å². The summed E-state index contributed by atoms with van der Waals surface area (Å²) < 4.78 is 22.6. The number of carbonyl (C=O) groups is 1. The monoisotopic (exact) mass is 291 g/mol. The van der Waals surface area contributed by atoms with Gasteiger partial charge in [-0.3, -0.25) is 4.79 Å². The third kappa shape index (κ3) is 5.91. The van der Waals surface area contributed by atoms with Gasteiger partial charge in [-0.2, -0.15) is 0 Å². The van der Waals surface area contributed by atoms with Crippen LogP contribution in [0.3, 0.4) is 0 Å². The van der Waals surface area contributed by atoms with E-state index < -0.39 is 15.8 Å². The third-order valence-corrected chi connectivity index (χ3v) is 5.67. The van der Waals surface area contributed by atoms with Crippen molar-refractivity contribution in [3.63, 3.8) is 0 Å². The van der Waals surface area contributed by atoms with Gasteiger partial charge in [-0.25, -0.2) is 8.42 Å². The number of carboxylic acids is 1. The van der Waals surface area contributed by atoms with Crippen LogP contribution in [0.1, 0.15) is 39.0 Å². The van der Waals surface area contributed by atoms with E-state index in [0.717, 1.165) is 25.7 Å². The molecular formula is C13H25NO4S. The average Bonchev–Trinajstić information content (AvgIpc) is 2.38. The first-order valence-electron chi connectivity index (χ1n) is 7.10. The van der Waals surface area contributed by atoms with Gasteiger partial charge in [0, 0.05) is 5.75 Å². The van der Waals surface area contributed by atoms with Gasteiger partial charge in [0.1, 0.15) is 9.84 Å². The van der Waals surface area contributed by atoms with Gasteiger partial charge in [0.15, 0.2) is 0 Å². The summed E-state index contributed by atoms with van der Waals surface area (Å²) in [4.78, 5) is 11.1. The number of nitrogens with one attached hydrogen (secondary N) is 1. The van der Waals surface area contributed by atoms with E-state index in [0.29, 0.717) is 19.5 Å². The van der Waals surface area contributed by atoms with Crippen molar-refractivity contribution in [2.75, 3.05) is 24.6 Å². The highest BCUT2D eigenvalue weighted by Gasteiger charge is 2.30. The van der Waals surface area contributed by atoms with Gasteiger partial charge in [0.2, 0.25) is 0 Å². The first-order chi connectivity index (χ1) is 8.96. The highest BCUT2D eigenvalue weighted by molar-refractivity contribution is 7.91. The van der Waals surface area contributed by atoms with Crippen LogP contribution in [0.4, 0.5) is 0 Å². The first kappa shape index (κ1) is 16.4. The van der Waals surface area contributed by atoms with Crippen LogP contribution in [0.25, 0.3) is 0 Å². The van der Waals surface area contributed by atoms with Crippen LogP contribution >= 0.6 is 0 Å². The third-order valence-electron chi connectivity index (χ3n) is 3.88. The molecule has 0 aromatic heterocycles. The molecule has 5 nitrogen and oxygen atoms in total. The molecule has 0 aromatic carbocycles. The predicted molar refractivity (Wildman–Crippen MR) is 74.9 cm³/mol. The predicted octanol–water partition coefficient (Wildman–Crippen LogP) is 1.29. The van der Waals surface area contributed by atoms with Crippen LogP contribution in [0, 0.1) is 11.8 Å². The molecule has 1 aliphatic rings. The zero-order valence-corrected chi connectivity index (χ0v) is 12.4. The van der Waals surface area contributed by atoms with Crippen LogP contribution in [0.2, 0.25) is 0 Å². The molecule has 1 fully saturated rings. The van der Waals surface area contributed by atoms with Crippen molar-refractivity contribution in [1.82, 2.24) is 5.32 Å². The molecule has 6 heteroatoms. The van der Waals surface area contributed by atoms with E-state index in [9.17, 15) is 13.2 Å². The summed E-state index contributed by atoms with van der Waals surface area (Å²) in [5, 5.41) is 12.4. The molecule has 1 aliphatic carbocycles. The molecule has 0 heterocycles. The molecule has 1 rings (SSSR count). The Bertz CT molecular complexity index is 380. The van der Waals surface area contributed by atoms with Crippen LogP contribution in [-0.2, 0) is 14.6 Å². The lowest BCUT2D eigenvalue weighted by atomic mass is 9.79. The maximum absolute atomic E-state index is 11.3. The molecule has 2 atom stereocenters. The van der Waals surface area contributed by atoms with Crippen LogP contribution in [0.5, 0.6) is 0 Å². The Labute approximate surface area is 115 Å². The maximum Gasteiger partial charge on any atom is 0.306 e. The molecule has 112 valence electrons. The second-order valence-corrected chi connectivity index (χ2v) is 7.76. The van der Waals surface area contributed by atoms with Gasteiger partial charge in [-0.05, 0) is 38.3 Å². The van der Waals surface area contributed by atoms with Gasteiger partial charge < -0.3 is 10.4 Å². The molecule has 0 amide bonds. The Morgan fingerprint density at radius 2 is 2.00 bits per heavy atom. The van der Waals surface area contributed by atoms with Crippen molar-refractivity contribution in [3.8, 4) is 0 Å². The highest BCUT2D eigenvalue weighted by atomic mass is 32.2. The van der Waals surface area contributed by atoms with Crippen molar-refractivity contribution in [3.05, 3.63) is 0 Å². The number of sulfone groups is 1.